The summed E-state index contributed by atoms with van der Waals surface area (Å²) in [6.45, 7) is 1.26. The number of carbonyl (C=O) groups excluding carboxylic acids is 2. The first-order valence-corrected chi connectivity index (χ1v) is 10.5. The van der Waals surface area contributed by atoms with Crippen molar-refractivity contribution in [1.82, 2.24) is 4.90 Å². The van der Waals surface area contributed by atoms with Crippen LogP contribution in [0, 0.1) is 11.8 Å². The van der Waals surface area contributed by atoms with Crippen LogP contribution >= 0.6 is 0 Å². The normalized spacial score (nSPS) is 23.8. The predicted molar refractivity (Wildman–Crippen MR) is 104 cm³/mol. The number of likely N-dealkylation sites (tertiary alicyclic amines) is 1. The molecule has 3 rings (SSSR count). The number of benzene rings is 1. The van der Waals surface area contributed by atoms with E-state index in [4.69, 9.17) is 5.73 Å². The fourth-order valence-corrected chi connectivity index (χ4v) is 4.54. The molecule has 7 heteroatoms. The van der Waals surface area contributed by atoms with Gasteiger partial charge in [-0.15, -0.1) is 0 Å². The van der Waals surface area contributed by atoms with Gasteiger partial charge in [0.2, 0.25) is 5.91 Å². The number of piperidine rings is 1. The number of nitrogens with zero attached hydrogens (tertiary/aromatic N) is 1. The summed E-state index contributed by atoms with van der Waals surface area (Å²) in [7, 11) is 0. The van der Waals surface area contributed by atoms with Crippen molar-refractivity contribution in [2.45, 2.75) is 63.6 Å². The maximum absolute atomic E-state index is 12.8. The molecule has 1 amide bonds. The number of rotatable bonds is 5. The molecule has 0 aromatic heterocycles. The Bertz CT molecular complexity index is 727. The molecule has 2 aliphatic rings. The highest BCUT2D eigenvalue weighted by Gasteiger charge is 2.34. The molecule has 1 saturated heterocycles. The van der Waals surface area contributed by atoms with Crippen LogP contribution < -0.4 is 5.73 Å². The lowest BCUT2D eigenvalue weighted by Crippen LogP contribution is -2.48. The van der Waals surface area contributed by atoms with Crippen molar-refractivity contribution in [2.24, 2.45) is 17.6 Å². The van der Waals surface area contributed by atoms with Crippen molar-refractivity contribution in [2.75, 3.05) is 13.1 Å². The molecule has 29 heavy (non-hydrogen) atoms. The molecule has 1 aliphatic heterocycles. The summed E-state index contributed by atoms with van der Waals surface area (Å²) in [6.07, 6.45) is 1.35. The van der Waals surface area contributed by atoms with Crippen LogP contribution in [0.1, 0.15) is 56.1 Å². The van der Waals surface area contributed by atoms with Gasteiger partial charge in [-0.1, -0.05) is 31.0 Å². The summed E-state index contributed by atoms with van der Waals surface area (Å²) in [5.41, 5.74) is 5.79. The van der Waals surface area contributed by atoms with Crippen LogP contribution in [0.15, 0.2) is 24.3 Å². The van der Waals surface area contributed by atoms with E-state index in [-0.39, 0.29) is 36.0 Å². The van der Waals surface area contributed by atoms with E-state index >= 15 is 0 Å². The molecule has 1 aromatic rings. The molecule has 2 N–H and O–H groups in total. The smallest absolute Gasteiger partial charge is 0.342 e. The Morgan fingerprint density at radius 2 is 1.76 bits per heavy atom. The lowest BCUT2D eigenvalue weighted by atomic mass is 9.83. The Labute approximate surface area is 169 Å². The lowest BCUT2D eigenvalue weighted by molar-refractivity contribution is -0.139. The number of hydrogen-bond acceptors (Lipinski definition) is 3. The van der Waals surface area contributed by atoms with Crippen molar-refractivity contribution >= 4 is 11.7 Å². The fraction of sp³-hybridized carbons (Fsp3) is 0.636. The topological polar surface area (TPSA) is 63.4 Å². The summed E-state index contributed by atoms with van der Waals surface area (Å²) in [5, 5.41) is 0. The van der Waals surface area contributed by atoms with Crippen molar-refractivity contribution < 1.29 is 22.8 Å². The zero-order valence-corrected chi connectivity index (χ0v) is 16.6. The number of nitrogens with two attached hydrogens (primary N) is 1. The maximum atomic E-state index is 12.8. The van der Waals surface area contributed by atoms with Gasteiger partial charge in [-0.3, -0.25) is 9.59 Å². The van der Waals surface area contributed by atoms with Gasteiger partial charge in [-0.2, -0.15) is 13.2 Å². The minimum absolute atomic E-state index is 0.0139. The van der Waals surface area contributed by atoms with Gasteiger partial charge in [0.05, 0.1) is 11.5 Å². The van der Waals surface area contributed by atoms with Gasteiger partial charge >= 0.3 is 6.18 Å². The SMILES string of the molecule is N[C@H]1CCCC[C@@H]1C(=O)N1CCC(CC(=O)Cc2cccc(C(F)(F)F)c2)CC1. The second-order valence-corrected chi connectivity index (χ2v) is 8.44. The Hall–Kier alpha value is -1.89. The minimum atomic E-state index is -4.40. The van der Waals surface area contributed by atoms with Gasteiger partial charge in [-0.05, 0) is 43.2 Å². The van der Waals surface area contributed by atoms with Gasteiger partial charge < -0.3 is 10.6 Å². The van der Waals surface area contributed by atoms with Crippen molar-refractivity contribution in [1.29, 1.82) is 0 Å². The van der Waals surface area contributed by atoms with Crippen LogP contribution in [0.2, 0.25) is 0 Å². The minimum Gasteiger partial charge on any atom is -0.342 e. The van der Waals surface area contributed by atoms with Gasteiger partial charge in [0.1, 0.15) is 5.78 Å². The summed E-state index contributed by atoms with van der Waals surface area (Å²) in [4.78, 5) is 27.0. The van der Waals surface area contributed by atoms with Crippen LogP contribution in [0.25, 0.3) is 0 Å². The third-order valence-corrected chi connectivity index (χ3v) is 6.23. The molecule has 0 unspecified atom stereocenters. The first-order valence-electron chi connectivity index (χ1n) is 10.5. The second-order valence-electron chi connectivity index (χ2n) is 8.44. The molecule has 160 valence electrons. The molecule has 2 fully saturated rings. The molecule has 1 aliphatic carbocycles. The van der Waals surface area contributed by atoms with Crippen molar-refractivity contribution in [3.63, 3.8) is 0 Å². The molecular weight excluding hydrogens is 381 g/mol. The number of hydrogen-bond donors (Lipinski definition) is 1. The number of carbonyl (C=O) groups is 2. The first-order chi connectivity index (χ1) is 13.7. The van der Waals surface area contributed by atoms with E-state index in [1.165, 1.54) is 6.07 Å². The largest absolute Gasteiger partial charge is 0.416 e. The molecule has 0 bridgehead atoms. The van der Waals surface area contributed by atoms with Crippen molar-refractivity contribution in [3.05, 3.63) is 35.4 Å². The van der Waals surface area contributed by atoms with Crippen LogP contribution in [-0.4, -0.2) is 35.7 Å². The van der Waals surface area contributed by atoms with Gasteiger partial charge in [0.15, 0.2) is 0 Å². The molecular formula is C22H29F3N2O2. The number of ketones is 1. The van der Waals surface area contributed by atoms with Crippen LogP contribution in [0.5, 0.6) is 0 Å². The van der Waals surface area contributed by atoms with Gasteiger partial charge in [0.25, 0.3) is 0 Å². The number of alkyl halides is 3. The van der Waals surface area contributed by atoms with E-state index in [0.29, 0.717) is 25.1 Å². The van der Waals surface area contributed by atoms with Crippen molar-refractivity contribution in [3.8, 4) is 0 Å². The zero-order valence-electron chi connectivity index (χ0n) is 16.6. The molecule has 1 heterocycles. The highest BCUT2D eigenvalue weighted by molar-refractivity contribution is 5.81. The summed E-state index contributed by atoms with van der Waals surface area (Å²) < 4.78 is 38.4. The zero-order chi connectivity index (χ0) is 21.0. The lowest BCUT2D eigenvalue weighted by Gasteiger charge is -2.37. The third-order valence-electron chi connectivity index (χ3n) is 6.23. The monoisotopic (exact) mass is 410 g/mol. The van der Waals surface area contributed by atoms with E-state index in [2.05, 4.69) is 0 Å². The summed E-state index contributed by atoms with van der Waals surface area (Å²) in [5.74, 6) is 0.189. The van der Waals surface area contributed by atoms with E-state index < -0.39 is 11.7 Å². The van der Waals surface area contributed by atoms with E-state index in [9.17, 15) is 22.8 Å². The molecule has 1 aromatic carbocycles. The van der Waals surface area contributed by atoms with Gasteiger partial charge in [0, 0.05) is 32.0 Å². The van der Waals surface area contributed by atoms with Gasteiger partial charge in [-0.25, -0.2) is 0 Å². The van der Waals surface area contributed by atoms with E-state index in [1.807, 2.05) is 4.90 Å². The van der Waals surface area contributed by atoms with Crippen LogP contribution in [0.3, 0.4) is 0 Å². The second kappa shape index (κ2) is 9.28. The molecule has 0 spiro atoms. The average Bonchev–Trinajstić information content (AvgIpc) is 2.68. The molecule has 0 radical (unpaired) electrons. The standard InChI is InChI=1S/C22H29F3N2O2/c23-22(24,25)17-5-3-4-16(12-17)14-18(28)13-15-8-10-27(11-9-15)21(29)19-6-1-2-7-20(19)26/h3-5,12,15,19-20H,1-2,6-11,13-14,26H2/t19-,20-/m0/s1. The number of halogens is 3. The number of amides is 1. The first kappa shape index (κ1) is 21.8. The number of Topliss-reactive ketones (excluding diaryl/α,β-unsaturated/α-hetero) is 1. The fourth-order valence-electron chi connectivity index (χ4n) is 4.54. The maximum Gasteiger partial charge on any atom is 0.416 e. The highest BCUT2D eigenvalue weighted by Crippen LogP contribution is 2.30. The highest BCUT2D eigenvalue weighted by atomic mass is 19.4. The third kappa shape index (κ3) is 5.81. The Morgan fingerprint density at radius 1 is 1.07 bits per heavy atom. The molecule has 4 nitrogen and oxygen atoms in total. The Morgan fingerprint density at radius 3 is 2.41 bits per heavy atom. The quantitative estimate of drug-likeness (QED) is 0.799. The van der Waals surface area contributed by atoms with E-state index in [0.717, 1.165) is 50.7 Å². The van der Waals surface area contributed by atoms with Crippen LogP contribution in [0.4, 0.5) is 13.2 Å². The average molecular weight is 410 g/mol. The molecule has 2 atom stereocenters. The Balaban J connectivity index is 1.47. The molecule has 1 saturated carbocycles. The van der Waals surface area contributed by atoms with Crippen LogP contribution in [-0.2, 0) is 22.2 Å². The Kier molecular flexibility index (Phi) is 6.98. The predicted octanol–water partition coefficient (Wildman–Crippen LogP) is 3.96. The summed E-state index contributed by atoms with van der Waals surface area (Å²) >= 11 is 0. The summed E-state index contributed by atoms with van der Waals surface area (Å²) in [6, 6.07) is 4.90. The van der Waals surface area contributed by atoms with E-state index in [1.54, 1.807) is 6.07 Å².